The van der Waals surface area contributed by atoms with Crippen molar-refractivity contribution in [1.82, 2.24) is 5.43 Å². The number of rotatable bonds is 4. The molecule has 0 aliphatic heterocycles. The number of carbonyl (C=O) groups is 1. The topological polar surface area (TPSA) is 41.5 Å². The third kappa shape index (κ3) is 3.97. The number of nitrogens with zero attached hydrogens (tertiary/aromatic N) is 1. The van der Waals surface area contributed by atoms with Gasteiger partial charge in [0.15, 0.2) is 0 Å². The first kappa shape index (κ1) is 13.9. The van der Waals surface area contributed by atoms with Crippen molar-refractivity contribution in [3.8, 4) is 0 Å². The highest BCUT2D eigenvalue weighted by molar-refractivity contribution is 9.10. The third-order valence-corrected chi connectivity index (χ3v) is 3.14. The van der Waals surface area contributed by atoms with Crippen LogP contribution in [0, 0.1) is 5.92 Å². The Morgan fingerprint density at radius 1 is 1.41 bits per heavy atom. The molecule has 4 heteroatoms. The van der Waals surface area contributed by atoms with Crippen molar-refractivity contribution in [1.29, 1.82) is 0 Å². The summed E-state index contributed by atoms with van der Waals surface area (Å²) < 4.78 is 0.773. The standard InChI is InChI=1S/C13H17BrN2O/c1-4-12(9(2)3)15-16-13(17)10-7-5-6-8-11(10)14/h5-9H,4H2,1-3H3,(H,16,17)/b15-12-. The normalized spacial score (nSPS) is 11.7. The molecule has 0 aromatic heterocycles. The van der Waals surface area contributed by atoms with Gasteiger partial charge in [0.1, 0.15) is 0 Å². The SMILES string of the molecule is CC/C(=N/NC(=O)c1ccccc1Br)C(C)C. The molecule has 0 saturated carbocycles. The zero-order valence-corrected chi connectivity index (χ0v) is 11.9. The fourth-order valence-corrected chi connectivity index (χ4v) is 1.91. The molecule has 1 amide bonds. The molecule has 0 unspecified atom stereocenters. The monoisotopic (exact) mass is 296 g/mol. The predicted molar refractivity (Wildman–Crippen MR) is 74.2 cm³/mol. The van der Waals surface area contributed by atoms with Crippen molar-refractivity contribution in [2.45, 2.75) is 27.2 Å². The maximum absolute atomic E-state index is 11.9. The lowest BCUT2D eigenvalue weighted by Crippen LogP contribution is -2.21. The second-order valence-electron chi connectivity index (χ2n) is 4.03. The van der Waals surface area contributed by atoms with E-state index in [9.17, 15) is 4.79 Å². The van der Waals surface area contributed by atoms with E-state index in [4.69, 9.17) is 0 Å². The first-order chi connectivity index (χ1) is 8.06. The molecular weight excluding hydrogens is 280 g/mol. The van der Waals surface area contributed by atoms with Crippen LogP contribution in [0.1, 0.15) is 37.6 Å². The van der Waals surface area contributed by atoms with Crippen molar-refractivity contribution in [3.05, 3.63) is 34.3 Å². The van der Waals surface area contributed by atoms with Crippen LogP contribution in [0.15, 0.2) is 33.8 Å². The number of benzene rings is 1. The lowest BCUT2D eigenvalue weighted by molar-refractivity contribution is 0.0954. The Morgan fingerprint density at radius 2 is 2.06 bits per heavy atom. The highest BCUT2D eigenvalue weighted by Crippen LogP contribution is 2.15. The Labute approximate surface area is 110 Å². The Bertz CT molecular complexity index is 427. The molecule has 92 valence electrons. The van der Waals surface area contributed by atoms with Crippen LogP contribution in [0.2, 0.25) is 0 Å². The van der Waals surface area contributed by atoms with Crippen LogP contribution in [-0.4, -0.2) is 11.6 Å². The molecule has 1 aromatic rings. The maximum Gasteiger partial charge on any atom is 0.272 e. The lowest BCUT2D eigenvalue weighted by atomic mass is 10.1. The van der Waals surface area contributed by atoms with Gasteiger partial charge in [-0.05, 0) is 40.4 Å². The summed E-state index contributed by atoms with van der Waals surface area (Å²) in [6.45, 7) is 6.16. The Morgan fingerprint density at radius 3 is 2.59 bits per heavy atom. The minimum atomic E-state index is -0.191. The van der Waals surface area contributed by atoms with Gasteiger partial charge in [0.05, 0.1) is 5.56 Å². The molecule has 0 fully saturated rings. The van der Waals surface area contributed by atoms with Crippen molar-refractivity contribution in [3.63, 3.8) is 0 Å². The van der Waals surface area contributed by atoms with E-state index < -0.39 is 0 Å². The van der Waals surface area contributed by atoms with Gasteiger partial charge in [0.25, 0.3) is 5.91 Å². The van der Waals surface area contributed by atoms with Crippen molar-refractivity contribution in [2.24, 2.45) is 11.0 Å². The van der Waals surface area contributed by atoms with Crippen LogP contribution in [0.5, 0.6) is 0 Å². The number of nitrogens with one attached hydrogen (secondary N) is 1. The summed E-state index contributed by atoms with van der Waals surface area (Å²) in [5.41, 5.74) is 4.18. The van der Waals surface area contributed by atoms with Crippen LogP contribution in [0.4, 0.5) is 0 Å². The summed E-state index contributed by atoms with van der Waals surface area (Å²) in [6, 6.07) is 7.29. The summed E-state index contributed by atoms with van der Waals surface area (Å²) >= 11 is 3.34. The molecule has 0 bridgehead atoms. The van der Waals surface area contributed by atoms with Crippen molar-refractivity contribution in [2.75, 3.05) is 0 Å². The van der Waals surface area contributed by atoms with Crippen LogP contribution < -0.4 is 5.43 Å². The lowest BCUT2D eigenvalue weighted by Gasteiger charge is -2.08. The molecule has 0 atom stereocenters. The van der Waals surface area contributed by atoms with E-state index in [1.165, 1.54) is 0 Å². The number of amides is 1. The Hall–Kier alpha value is -1.16. The number of hydrogen-bond donors (Lipinski definition) is 1. The van der Waals surface area contributed by atoms with Crippen molar-refractivity contribution >= 4 is 27.5 Å². The van der Waals surface area contributed by atoms with Gasteiger partial charge in [-0.15, -0.1) is 0 Å². The molecule has 1 N–H and O–H groups in total. The van der Waals surface area contributed by atoms with E-state index in [0.29, 0.717) is 11.5 Å². The maximum atomic E-state index is 11.9. The minimum absolute atomic E-state index is 0.191. The largest absolute Gasteiger partial charge is 0.272 e. The van der Waals surface area contributed by atoms with E-state index in [2.05, 4.69) is 40.3 Å². The molecule has 0 saturated heterocycles. The van der Waals surface area contributed by atoms with Gasteiger partial charge in [-0.2, -0.15) is 5.10 Å². The van der Waals surface area contributed by atoms with Gasteiger partial charge < -0.3 is 0 Å². The van der Waals surface area contributed by atoms with Crippen LogP contribution in [0.25, 0.3) is 0 Å². The fourth-order valence-electron chi connectivity index (χ4n) is 1.44. The van der Waals surface area contributed by atoms with Gasteiger partial charge in [-0.3, -0.25) is 4.79 Å². The number of halogens is 1. The van der Waals surface area contributed by atoms with Crippen LogP contribution >= 0.6 is 15.9 Å². The second kappa shape index (κ2) is 6.55. The smallest absolute Gasteiger partial charge is 0.267 e. The fraction of sp³-hybridized carbons (Fsp3) is 0.385. The molecule has 17 heavy (non-hydrogen) atoms. The molecular formula is C13H17BrN2O. The molecule has 0 aliphatic rings. The third-order valence-electron chi connectivity index (χ3n) is 2.45. The Balaban J connectivity index is 2.77. The van der Waals surface area contributed by atoms with E-state index in [-0.39, 0.29) is 5.91 Å². The van der Waals surface area contributed by atoms with Crippen LogP contribution in [-0.2, 0) is 0 Å². The number of carbonyl (C=O) groups excluding carboxylic acids is 1. The predicted octanol–water partition coefficient (Wildman–Crippen LogP) is 3.60. The van der Waals surface area contributed by atoms with E-state index in [1.807, 2.05) is 25.1 Å². The molecule has 0 radical (unpaired) electrons. The second-order valence-corrected chi connectivity index (χ2v) is 4.89. The van der Waals surface area contributed by atoms with Crippen LogP contribution in [0.3, 0.4) is 0 Å². The number of hydrogen-bond acceptors (Lipinski definition) is 2. The van der Waals surface area contributed by atoms with Gasteiger partial charge >= 0.3 is 0 Å². The van der Waals surface area contributed by atoms with E-state index in [0.717, 1.165) is 16.6 Å². The molecule has 3 nitrogen and oxygen atoms in total. The zero-order valence-electron chi connectivity index (χ0n) is 10.3. The highest BCUT2D eigenvalue weighted by atomic mass is 79.9. The van der Waals surface area contributed by atoms with E-state index >= 15 is 0 Å². The Kier molecular flexibility index (Phi) is 5.35. The van der Waals surface area contributed by atoms with Gasteiger partial charge in [-0.1, -0.05) is 32.9 Å². The summed E-state index contributed by atoms with van der Waals surface area (Å²) in [6.07, 6.45) is 0.841. The first-order valence-corrected chi connectivity index (χ1v) is 6.46. The summed E-state index contributed by atoms with van der Waals surface area (Å²) in [5, 5.41) is 4.16. The minimum Gasteiger partial charge on any atom is -0.267 e. The summed E-state index contributed by atoms with van der Waals surface area (Å²) in [4.78, 5) is 11.9. The first-order valence-electron chi connectivity index (χ1n) is 5.67. The molecule has 1 aromatic carbocycles. The average molecular weight is 297 g/mol. The zero-order chi connectivity index (χ0) is 12.8. The average Bonchev–Trinajstić information content (AvgIpc) is 2.29. The summed E-state index contributed by atoms with van der Waals surface area (Å²) in [5.74, 6) is 0.156. The summed E-state index contributed by atoms with van der Waals surface area (Å²) in [7, 11) is 0. The number of hydrazone groups is 1. The molecule has 0 spiro atoms. The molecule has 1 rings (SSSR count). The molecule has 0 heterocycles. The van der Waals surface area contributed by atoms with Gasteiger partial charge in [0, 0.05) is 10.2 Å². The van der Waals surface area contributed by atoms with E-state index in [1.54, 1.807) is 6.07 Å². The molecule has 0 aliphatic carbocycles. The van der Waals surface area contributed by atoms with Gasteiger partial charge in [0.2, 0.25) is 0 Å². The van der Waals surface area contributed by atoms with Gasteiger partial charge in [-0.25, -0.2) is 5.43 Å². The quantitative estimate of drug-likeness (QED) is 0.669. The van der Waals surface area contributed by atoms with Crippen molar-refractivity contribution < 1.29 is 4.79 Å². The highest BCUT2D eigenvalue weighted by Gasteiger charge is 2.09.